The van der Waals surface area contributed by atoms with Crippen LogP contribution in [0.3, 0.4) is 0 Å². The van der Waals surface area contributed by atoms with E-state index in [2.05, 4.69) is 22.4 Å². The number of carboxylic acid groups (broad SMARTS) is 1. The van der Waals surface area contributed by atoms with E-state index in [1.54, 1.807) is 6.21 Å². The lowest BCUT2D eigenvalue weighted by molar-refractivity contribution is -0.138. The highest BCUT2D eigenvalue weighted by molar-refractivity contribution is 8.15. The number of carboxylic acids is 1. The van der Waals surface area contributed by atoms with Crippen LogP contribution in [-0.4, -0.2) is 40.2 Å². The molecule has 1 unspecified atom stereocenters. The summed E-state index contributed by atoms with van der Waals surface area (Å²) in [5.74, 6) is -0.651. The fourth-order valence-electron chi connectivity index (χ4n) is 2.12. The molecule has 1 heterocycles. The molecule has 0 aliphatic carbocycles. The van der Waals surface area contributed by atoms with Crippen LogP contribution < -0.4 is 10.1 Å². The number of amidine groups is 1. The molecule has 1 amide bonds. The molecule has 25 heavy (non-hydrogen) atoms. The minimum absolute atomic E-state index is 0.244. The summed E-state index contributed by atoms with van der Waals surface area (Å²) in [6.45, 7) is 4.71. The Morgan fingerprint density at radius 2 is 2.28 bits per heavy atom. The Hall–Kier alpha value is -2.35. The number of carbonyl (C=O) groups is 2. The van der Waals surface area contributed by atoms with Crippen LogP contribution in [-0.2, 0) is 9.59 Å². The first kappa shape index (κ1) is 19.0. The Bertz CT molecular complexity index is 703. The number of ether oxygens (including phenoxy) is 1. The molecule has 1 aromatic carbocycles. The van der Waals surface area contributed by atoms with Crippen molar-refractivity contribution in [3.05, 3.63) is 29.3 Å². The van der Waals surface area contributed by atoms with Crippen molar-refractivity contribution in [2.24, 2.45) is 10.2 Å². The first-order valence-corrected chi connectivity index (χ1v) is 8.91. The zero-order valence-corrected chi connectivity index (χ0v) is 15.0. The van der Waals surface area contributed by atoms with Crippen LogP contribution in [0, 0.1) is 6.92 Å². The zero-order valence-electron chi connectivity index (χ0n) is 14.2. The minimum Gasteiger partial charge on any atom is -0.493 e. The Labute approximate surface area is 150 Å². The molecule has 0 aromatic heterocycles. The summed E-state index contributed by atoms with van der Waals surface area (Å²) < 4.78 is 5.75. The maximum absolute atomic E-state index is 11.7. The zero-order chi connectivity index (χ0) is 18.2. The number of aliphatic carboxylic acids is 1. The highest BCUT2D eigenvalue weighted by Gasteiger charge is 2.32. The average molecular weight is 363 g/mol. The Kier molecular flexibility index (Phi) is 7.00. The molecule has 8 heteroatoms. The van der Waals surface area contributed by atoms with Gasteiger partial charge in [-0.25, -0.2) is 0 Å². The summed E-state index contributed by atoms with van der Waals surface area (Å²) in [5, 5.41) is 18.9. The first-order valence-electron chi connectivity index (χ1n) is 8.03. The molecular weight excluding hydrogens is 342 g/mol. The van der Waals surface area contributed by atoms with Gasteiger partial charge in [-0.1, -0.05) is 36.7 Å². The highest BCUT2D eigenvalue weighted by atomic mass is 32.2. The monoisotopic (exact) mass is 363 g/mol. The van der Waals surface area contributed by atoms with Crippen molar-refractivity contribution in [1.82, 2.24) is 5.32 Å². The quantitative estimate of drug-likeness (QED) is 0.420. The molecular formula is C17H21N3O4S. The Balaban J connectivity index is 2.05. The van der Waals surface area contributed by atoms with E-state index < -0.39 is 11.2 Å². The van der Waals surface area contributed by atoms with Gasteiger partial charge in [-0.3, -0.25) is 9.59 Å². The van der Waals surface area contributed by atoms with Crippen LogP contribution in [0.2, 0.25) is 0 Å². The van der Waals surface area contributed by atoms with Crippen LogP contribution in [0.4, 0.5) is 0 Å². The second-order valence-corrected chi connectivity index (χ2v) is 6.78. The predicted octanol–water partition coefficient (Wildman–Crippen LogP) is 2.57. The SMILES string of the molecule is CCCCOc1ccc(C)cc1C=NN=C1NC(=O)C(CC(=O)O)S1. The number of amides is 1. The van der Waals surface area contributed by atoms with Gasteiger partial charge in [0.15, 0.2) is 5.17 Å². The Morgan fingerprint density at radius 3 is 3.00 bits per heavy atom. The van der Waals surface area contributed by atoms with Gasteiger partial charge in [0.05, 0.1) is 19.2 Å². The van der Waals surface area contributed by atoms with Gasteiger partial charge in [0, 0.05) is 5.56 Å². The highest BCUT2D eigenvalue weighted by Crippen LogP contribution is 2.23. The molecule has 1 atom stereocenters. The van der Waals surface area contributed by atoms with Crippen molar-refractivity contribution in [3.63, 3.8) is 0 Å². The number of carbonyl (C=O) groups excluding carboxylic acids is 1. The van der Waals surface area contributed by atoms with E-state index >= 15 is 0 Å². The van der Waals surface area contributed by atoms with Gasteiger partial charge in [-0.15, -0.1) is 5.10 Å². The summed E-state index contributed by atoms with van der Waals surface area (Å²) in [5.41, 5.74) is 1.87. The molecule has 1 aromatic rings. The molecule has 2 N–H and O–H groups in total. The summed E-state index contributed by atoms with van der Waals surface area (Å²) in [4.78, 5) is 22.4. The smallest absolute Gasteiger partial charge is 0.305 e. The summed E-state index contributed by atoms with van der Waals surface area (Å²) in [7, 11) is 0. The van der Waals surface area contributed by atoms with Crippen LogP contribution in [0.1, 0.15) is 37.3 Å². The number of aryl methyl sites for hydroxylation is 1. The number of thioether (sulfide) groups is 1. The topological polar surface area (TPSA) is 100 Å². The number of nitrogens with one attached hydrogen (secondary N) is 1. The minimum atomic E-state index is -1.02. The molecule has 134 valence electrons. The van der Waals surface area contributed by atoms with Crippen LogP contribution in [0.5, 0.6) is 5.75 Å². The molecule has 7 nitrogen and oxygen atoms in total. The second-order valence-electron chi connectivity index (χ2n) is 5.59. The van der Waals surface area contributed by atoms with Gasteiger partial charge in [-0.05, 0) is 25.5 Å². The number of unbranched alkanes of at least 4 members (excludes halogenated alkanes) is 1. The van der Waals surface area contributed by atoms with Crippen LogP contribution in [0.15, 0.2) is 28.4 Å². The van der Waals surface area contributed by atoms with Crippen molar-refractivity contribution < 1.29 is 19.4 Å². The molecule has 1 saturated heterocycles. The first-order chi connectivity index (χ1) is 12.0. The molecule has 0 saturated carbocycles. The lowest BCUT2D eigenvalue weighted by Gasteiger charge is -2.08. The van der Waals surface area contributed by atoms with Crippen molar-refractivity contribution in [1.29, 1.82) is 0 Å². The van der Waals surface area contributed by atoms with Gasteiger partial charge in [0.25, 0.3) is 0 Å². The molecule has 1 aliphatic rings. The fourth-order valence-corrected chi connectivity index (χ4v) is 3.03. The fraction of sp³-hybridized carbons (Fsp3) is 0.412. The van der Waals surface area contributed by atoms with E-state index in [-0.39, 0.29) is 12.3 Å². The maximum Gasteiger partial charge on any atom is 0.305 e. The van der Waals surface area contributed by atoms with Crippen LogP contribution in [0.25, 0.3) is 0 Å². The normalized spacial score (nSPS) is 18.7. The standard InChI is InChI=1S/C17H21N3O4S/c1-3-4-7-24-13-6-5-11(2)8-12(13)10-18-20-17-19-16(23)14(25-17)9-15(21)22/h5-6,8,10,14H,3-4,7,9H2,1-2H3,(H,21,22)(H,19,20,23). The lowest BCUT2D eigenvalue weighted by Crippen LogP contribution is -2.26. The number of nitrogens with zero attached hydrogens (tertiary/aromatic N) is 2. The second kappa shape index (κ2) is 9.22. The van der Waals surface area contributed by atoms with Crippen molar-refractivity contribution in [2.75, 3.05) is 6.61 Å². The van der Waals surface area contributed by atoms with E-state index in [0.29, 0.717) is 11.8 Å². The lowest BCUT2D eigenvalue weighted by atomic mass is 10.1. The van der Waals surface area contributed by atoms with Gasteiger partial charge in [-0.2, -0.15) is 5.10 Å². The van der Waals surface area contributed by atoms with Crippen molar-refractivity contribution >= 4 is 35.0 Å². The molecule has 0 spiro atoms. The van der Waals surface area contributed by atoms with E-state index in [1.807, 2.05) is 25.1 Å². The maximum atomic E-state index is 11.7. The molecule has 0 bridgehead atoms. The number of hydrogen-bond donors (Lipinski definition) is 2. The van der Waals surface area contributed by atoms with Gasteiger partial charge in [0.2, 0.25) is 5.91 Å². The predicted molar refractivity (Wildman–Crippen MR) is 98.4 cm³/mol. The van der Waals surface area contributed by atoms with Crippen molar-refractivity contribution in [2.45, 2.75) is 38.4 Å². The summed E-state index contributed by atoms with van der Waals surface area (Å²) in [6, 6.07) is 5.81. The third kappa shape index (κ3) is 5.90. The van der Waals surface area contributed by atoms with Gasteiger partial charge in [0.1, 0.15) is 11.0 Å². The van der Waals surface area contributed by atoms with Crippen LogP contribution >= 0.6 is 11.8 Å². The average Bonchev–Trinajstić information content (AvgIpc) is 2.88. The van der Waals surface area contributed by atoms with Gasteiger partial charge >= 0.3 is 5.97 Å². The van der Waals surface area contributed by atoms with Crippen molar-refractivity contribution in [3.8, 4) is 5.75 Å². The van der Waals surface area contributed by atoms with Gasteiger partial charge < -0.3 is 15.2 Å². The summed E-state index contributed by atoms with van der Waals surface area (Å²) >= 11 is 1.07. The third-order valence-electron chi connectivity index (χ3n) is 3.40. The molecule has 2 rings (SSSR count). The largest absolute Gasteiger partial charge is 0.493 e. The third-order valence-corrected chi connectivity index (χ3v) is 4.47. The molecule has 0 radical (unpaired) electrons. The molecule has 1 fully saturated rings. The molecule has 1 aliphatic heterocycles. The number of hydrogen-bond acceptors (Lipinski definition) is 6. The summed E-state index contributed by atoms with van der Waals surface area (Å²) in [6.07, 6.45) is 3.35. The van der Waals surface area contributed by atoms with E-state index in [1.165, 1.54) is 0 Å². The Morgan fingerprint density at radius 1 is 1.48 bits per heavy atom. The number of rotatable bonds is 8. The van der Waals surface area contributed by atoms with E-state index in [4.69, 9.17) is 9.84 Å². The number of benzene rings is 1. The van der Waals surface area contributed by atoms with E-state index in [0.717, 1.165) is 41.5 Å². The van der Waals surface area contributed by atoms with E-state index in [9.17, 15) is 9.59 Å².